The SMILES string of the molecule is Cc1ccccc1CCNC(=O)COC(=O)c1cc(S(=O)(=O)N(C)C)ccc1C. The smallest absolute Gasteiger partial charge is 0.338 e. The molecule has 0 aromatic heterocycles. The van der Waals surface area contributed by atoms with Crippen molar-refractivity contribution in [1.82, 2.24) is 9.62 Å². The zero-order valence-electron chi connectivity index (χ0n) is 17.1. The summed E-state index contributed by atoms with van der Waals surface area (Å²) in [5, 5.41) is 2.71. The lowest BCUT2D eigenvalue weighted by Crippen LogP contribution is -2.30. The maximum atomic E-state index is 12.3. The lowest BCUT2D eigenvalue weighted by atomic mass is 10.1. The minimum atomic E-state index is -3.68. The van der Waals surface area contributed by atoms with Gasteiger partial charge in [0.2, 0.25) is 10.0 Å². The highest BCUT2D eigenvalue weighted by Crippen LogP contribution is 2.19. The molecule has 0 unspecified atom stereocenters. The average Bonchev–Trinajstić information content (AvgIpc) is 2.67. The van der Waals surface area contributed by atoms with Crippen molar-refractivity contribution in [2.24, 2.45) is 0 Å². The number of rotatable bonds is 8. The van der Waals surface area contributed by atoms with Crippen LogP contribution in [0.25, 0.3) is 0 Å². The Morgan fingerprint density at radius 3 is 2.38 bits per heavy atom. The maximum absolute atomic E-state index is 12.3. The van der Waals surface area contributed by atoms with Crippen molar-refractivity contribution in [3.05, 3.63) is 64.7 Å². The number of amides is 1. The molecule has 1 amide bonds. The van der Waals surface area contributed by atoms with Gasteiger partial charge in [0, 0.05) is 20.6 Å². The second-order valence-corrected chi connectivity index (χ2v) is 9.02. The molecule has 156 valence electrons. The molecule has 0 fully saturated rings. The summed E-state index contributed by atoms with van der Waals surface area (Å²) in [7, 11) is -0.854. The largest absolute Gasteiger partial charge is 0.452 e. The molecule has 0 aliphatic rings. The summed E-state index contributed by atoms with van der Waals surface area (Å²) in [6.07, 6.45) is 0.676. The second-order valence-electron chi connectivity index (χ2n) is 6.87. The highest BCUT2D eigenvalue weighted by atomic mass is 32.2. The Kier molecular flexibility index (Phi) is 7.53. The van der Waals surface area contributed by atoms with Crippen LogP contribution in [0.3, 0.4) is 0 Å². The number of hydrogen-bond donors (Lipinski definition) is 1. The van der Waals surface area contributed by atoms with Crippen LogP contribution in [0.15, 0.2) is 47.4 Å². The Balaban J connectivity index is 1.93. The minimum Gasteiger partial charge on any atom is -0.452 e. The third kappa shape index (κ3) is 5.88. The van der Waals surface area contributed by atoms with E-state index in [0.29, 0.717) is 18.5 Å². The van der Waals surface area contributed by atoms with E-state index in [9.17, 15) is 18.0 Å². The van der Waals surface area contributed by atoms with Crippen molar-refractivity contribution in [3.8, 4) is 0 Å². The molecule has 0 aliphatic heterocycles. The molecule has 2 aromatic rings. The lowest BCUT2D eigenvalue weighted by Gasteiger charge is -2.13. The summed E-state index contributed by atoms with van der Waals surface area (Å²) >= 11 is 0. The molecule has 1 N–H and O–H groups in total. The standard InChI is InChI=1S/C21H26N2O5S/c1-15-7-5-6-8-17(15)11-12-22-20(24)14-28-21(25)19-13-18(10-9-16(19)2)29(26,27)23(3)4/h5-10,13H,11-12,14H2,1-4H3,(H,22,24). The average molecular weight is 419 g/mol. The summed E-state index contributed by atoms with van der Waals surface area (Å²) in [4.78, 5) is 24.3. The number of nitrogens with zero attached hydrogens (tertiary/aromatic N) is 1. The Labute approximate surface area is 171 Å². The van der Waals surface area contributed by atoms with Gasteiger partial charge in [-0.2, -0.15) is 0 Å². The molecule has 0 saturated carbocycles. The van der Waals surface area contributed by atoms with Crippen molar-refractivity contribution >= 4 is 21.9 Å². The summed E-state index contributed by atoms with van der Waals surface area (Å²) < 4.78 is 30.6. The molecular weight excluding hydrogens is 392 g/mol. The number of nitrogens with one attached hydrogen (secondary N) is 1. The Bertz CT molecular complexity index is 1000. The molecule has 0 heterocycles. The van der Waals surface area contributed by atoms with Crippen LogP contribution in [0.1, 0.15) is 27.0 Å². The lowest BCUT2D eigenvalue weighted by molar-refractivity contribution is -0.124. The molecule has 29 heavy (non-hydrogen) atoms. The van der Waals surface area contributed by atoms with Crippen LogP contribution in [0.2, 0.25) is 0 Å². The van der Waals surface area contributed by atoms with Crippen LogP contribution in [-0.2, 0) is 26.0 Å². The van der Waals surface area contributed by atoms with Crippen LogP contribution < -0.4 is 5.32 Å². The first-order chi connectivity index (χ1) is 13.6. The van der Waals surface area contributed by atoms with Gasteiger partial charge in [-0.3, -0.25) is 4.79 Å². The zero-order chi connectivity index (χ0) is 21.6. The summed E-state index contributed by atoms with van der Waals surface area (Å²) in [6, 6.07) is 12.1. The van der Waals surface area contributed by atoms with E-state index in [1.807, 2.05) is 31.2 Å². The Morgan fingerprint density at radius 1 is 1.03 bits per heavy atom. The number of ether oxygens (including phenoxy) is 1. The van der Waals surface area contributed by atoms with Crippen molar-refractivity contribution in [3.63, 3.8) is 0 Å². The first-order valence-corrected chi connectivity index (χ1v) is 10.6. The van der Waals surface area contributed by atoms with Gasteiger partial charge in [0.25, 0.3) is 5.91 Å². The van der Waals surface area contributed by atoms with Crippen molar-refractivity contribution in [2.45, 2.75) is 25.2 Å². The second kappa shape index (κ2) is 9.67. The summed E-state index contributed by atoms with van der Waals surface area (Å²) in [5.41, 5.74) is 2.96. The van der Waals surface area contributed by atoms with E-state index in [1.54, 1.807) is 6.92 Å². The van der Waals surface area contributed by atoms with Gasteiger partial charge < -0.3 is 10.1 Å². The van der Waals surface area contributed by atoms with E-state index in [1.165, 1.54) is 32.3 Å². The van der Waals surface area contributed by atoms with Gasteiger partial charge in [-0.1, -0.05) is 30.3 Å². The number of esters is 1. The number of sulfonamides is 1. The minimum absolute atomic E-state index is 0.0114. The van der Waals surface area contributed by atoms with Crippen LogP contribution in [0, 0.1) is 13.8 Å². The third-order valence-electron chi connectivity index (χ3n) is 4.52. The van der Waals surface area contributed by atoms with E-state index < -0.39 is 28.5 Å². The van der Waals surface area contributed by atoms with Crippen molar-refractivity contribution in [2.75, 3.05) is 27.2 Å². The molecule has 8 heteroatoms. The highest BCUT2D eigenvalue weighted by molar-refractivity contribution is 7.89. The van der Waals surface area contributed by atoms with Gasteiger partial charge in [-0.15, -0.1) is 0 Å². The fourth-order valence-corrected chi connectivity index (χ4v) is 3.61. The molecule has 0 aliphatic carbocycles. The maximum Gasteiger partial charge on any atom is 0.338 e. The summed E-state index contributed by atoms with van der Waals surface area (Å²) in [6.45, 7) is 3.67. The van der Waals surface area contributed by atoms with E-state index >= 15 is 0 Å². The Hall–Kier alpha value is -2.71. The number of aryl methyl sites for hydroxylation is 2. The normalized spacial score (nSPS) is 11.3. The Morgan fingerprint density at radius 2 is 1.72 bits per heavy atom. The molecule has 2 aromatic carbocycles. The van der Waals surface area contributed by atoms with Gasteiger partial charge in [0.1, 0.15) is 0 Å². The van der Waals surface area contributed by atoms with Crippen LogP contribution in [0.5, 0.6) is 0 Å². The van der Waals surface area contributed by atoms with Crippen LogP contribution in [-0.4, -0.2) is 51.8 Å². The molecule has 2 rings (SSSR count). The predicted octanol–water partition coefficient (Wildman–Crippen LogP) is 2.07. The highest BCUT2D eigenvalue weighted by Gasteiger charge is 2.21. The van der Waals surface area contributed by atoms with Gasteiger partial charge in [-0.25, -0.2) is 17.5 Å². The molecule has 7 nitrogen and oxygen atoms in total. The first kappa shape index (κ1) is 22.6. The van der Waals surface area contributed by atoms with E-state index in [-0.39, 0.29) is 10.5 Å². The van der Waals surface area contributed by atoms with Crippen molar-refractivity contribution < 1.29 is 22.7 Å². The van der Waals surface area contributed by atoms with E-state index in [2.05, 4.69) is 5.32 Å². The zero-order valence-corrected chi connectivity index (χ0v) is 17.9. The summed E-state index contributed by atoms with van der Waals surface area (Å²) in [5.74, 6) is -1.16. The predicted molar refractivity (Wildman–Crippen MR) is 110 cm³/mol. The fourth-order valence-electron chi connectivity index (χ4n) is 2.68. The van der Waals surface area contributed by atoms with E-state index in [4.69, 9.17) is 4.74 Å². The monoisotopic (exact) mass is 418 g/mol. The molecule has 0 atom stereocenters. The number of hydrogen-bond acceptors (Lipinski definition) is 5. The molecule has 0 bridgehead atoms. The molecule has 0 radical (unpaired) electrons. The molecule has 0 saturated heterocycles. The van der Waals surface area contributed by atoms with Gasteiger partial charge in [0.15, 0.2) is 6.61 Å². The quantitative estimate of drug-likeness (QED) is 0.663. The van der Waals surface area contributed by atoms with Gasteiger partial charge >= 0.3 is 5.97 Å². The number of carbonyl (C=O) groups is 2. The van der Waals surface area contributed by atoms with Gasteiger partial charge in [0.05, 0.1) is 10.5 Å². The number of carbonyl (C=O) groups excluding carboxylic acids is 2. The van der Waals surface area contributed by atoms with Gasteiger partial charge in [-0.05, 0) is 49.1 Å². The molecule has 0 spiro atoms. The topological polar surface area (TPSA) is 92.8 Å². The van der Waals surface area contributed by atoms with Crippen molar-refractivity contribution in [1.29, 1.82) is 0 Å². The van der Waals surface area contributed by atoms with Crippen LogP contribution >= 0.6 is 0 Å². The third-order valence-corrected chi connectivity index (χ3v) is 6.33. The van der Waals surface area contributed by atoms with Crippen LogP contribution in [0.4, 0.5) is 0 Å². The molecular formula is C21H26N2O5S. The first-order valence-electron chi connectivity index (χ1n) is 9.14. The van der Waals surface area contributed by atoms with E-state index in [0.717, 1.165) is 15.4 Å². The fraction of sp³-hybridized carbons (Fsp3) is 0.333. The number of benzene rings is 2.